The highest BCUT2D eigenvalue weighted by Gasteiger charge is 2.43. The lowest BCUT2D eigenvalue weighted by molar-refractivity contribution is 0.0411. The van der Waals surface area contributed by atoms with Gasteiger partial charge in [0.2, 0.25) is 0 Å². The van der Waals surface area contributed by atoms with E-state index in [4.69, 9.17) is 5.21 Å². The lowest BCUT2D eigenvalue weighted by atomic mass is 9.83. The maximum atomic E-state index is 8.81. The van der Waals surface area contributed by atoms with Gasteiger partial charge in [0.15, 0.2) is 0 Å². The lowest BCUT2D eigenvalue weighted by Gasteiger charge is -2.50. The Kier molecular flexibility index (Phi) is 4.97. The topological polar surface area (TPSA) is 51.1 Å². The average Bonchev–Trinajstić information content (AvgIpc) is 2.74. The highest BCUT2D eigenvalue weighted by molar-refractivity contribution is 5.79. The molecule has 2 heterocycles. The van der Waals surface area contributed by atoms with E-state index in [2.05, 4.69) is 75.9 Å². The number of benzene rings is 2. The van der Waals surface area contributed by atoms with E-state index in [1.807, 2.05) is 12.1 Å². The number of oxime groups is 1. The number of nitrogens with one attached hydrogen (secondary N) is 1. The van der Waals surface area contributed by atoms with Crippen LogP contribution in [0.25, 0.3) is 6.08 Å². The van der Waals surface area contributed by atoms with Gasteiger partial charge in [0.05, 0.1) is 6.21 Å². The van der Waals surface area contributed by atoms with E-state index >= 15 is 0 Å². The highest BCUT2D eigenvalue weighted by Crippen LogP contribution is 2.39. The van der Waals surface area contributed by atoms with Gasteiger partial charge in [-0.1, -0.05) is 60.6 Å². The second-order valence-electron chi connectivity index (χ2n) is 7.06. The maximum Gasteiger partial charge on any atom is 0.144 e. The van der Waals surface area contributed by atoms with Crippen molar-refractivity contribution in [1.29, 1.82) is 0 Å². The predicted octanol–water partition coefficient (Wildman–Crippen LogP) is 2.91. The Bertz CT molecular complexity index is 838. The fourth-order valence-corrected chi connectivity index (χ4v) is 4.26. The molecule has 2 aromatic carbocycles. The van der Waals surface area contributed by atoms with Gasteiger partial charge in [0, 0.05) is 31.7 Å². The molecule has 1 saturated heterocycles. The minimum atomic E-state index is -0.389. The molecule has 0 amide bonds. The molecule has 2 N–H and O–H groups in total. The summed E-state index contributed by atoms with van der Waals surface area (Å²) in [5.74, 6) is 0. The van der Waals surface area contributed by atoms with Crippen molar-refractivity contribution >= 4 is 12.3 Å². The van der Waals surface area contributed by atoms with E-state index in [0.717, 1.165) is 38.3 Å². The Morgan fingerprint density at radius 3 is 2.52 bits per heavy atom. The summed E-state index contributed by atoms with van der Waals surface area (Å²) in [6.07, 6.45) is 5.67. The third kappa shape index (κ3) is 3.13. The zero-order valence-electron chi connectivity index (χ0n) is 15.7. The van der Waals surface area contributed by atoms with Gasteiger partial charge in [-0.25, -0.2) is 0 Å². The summed E-state index contributed by atoms with van der Waals surface area (Å²) >= 11 is 0. The second kappa shape index (κ2) is 7.55. The number of fused-ring (bicyclic) bond motifs is 1. The summed E-state index contributed by atoms with van der Waals surface area (Å²) in [6, 6.07) is 16.9. The normalized spacial score (nSPS) is 23.3. The maximum absolute atomic E-state index is 8.81. The first-order chi connectivity index (χ1) is 13.3. The Hall–Kier alpha value is -2.63. The molecule has 1 unspecified atom stereocenters. The predicted molar refractivity (Wildman–Crippen MR) is 109 cm³/mol. The zero-order chi connectivity index (χ0) is 18.7. The number of hydrogen-bond donors (Lipinski definition) is 2. The van der Waals surface area contributed by atoms with Crippen LogP contribution in [0, 0.1) is 0 Å². The standard InChI is InChI=1S/C22H26N4O/c1-2-25-13-15-26(16-14-25)22(20-9-7-18(8-10-20)17-24-27)21-6-4-3-5-19(21)11-12-23-22/h3-12,17,23,27H,2,13-16H2,1H3/b24-17-. The summed E-state index contributed by atoms with van der Waals surface area (Å²) in [4.78, 5) is 5.05. The van der Waals surface area contributed by atoms with Crippen molar-refractivity contribution in [3.8, 4) is 0 Å². The van der Waals surface area contributed by atoms with Crippen LogP contribution in [-0.2, 0) is 5.66 Å². The van der Waals surface area contributed by atoms with Crippen molar-refractivity contribution in [2.24, 2.45) is 5.16 Å². The van der Waals surface area contributed by atoms with Crippen LogP contribution in [0.2, 0.25) is 0 Å². The van der Waals surface area contributed by atoms with Crippen LogP contribution in [0.5, 0.6) is 0 Å². The molecule has 1 atom stereocenters. The number of hydrogen-bond acceptors (Lipinski definition) is 5. The van der Waals surface area contributed by atoms with Gasteiger partial charge in [0.1, 0.15) is 5.66 Å². The van der Waals surface area contributed by atoms with E-state index < -0.39 is 0 Å². The van der Waals surface area contributed by atoms with Crippen molar-refractivity contribution in [1.82, 2.24) is 15.1 Å². The molecule has 0 saturated carbocycles. The quantitative estimate of drug-likeness (QED) is 0.499. The molecule has 2 aliphatic rings. The molecule has 27 heavy (non-hydrogen) atoms. The lowest BCUT2D eigenvalue weighted by Crippen LogP contribution is -2.61. The molecule has 0 spiro atoms. The molecule has 2 aliphatic heterocycles. The van der Waals surface area contributed by atoms with Crippen LogP contribution in [0.3, 0.4) is 0 Å². The molecular weight excluding hydrogens is 336 g/mol. The molecule has 5 nitrogen and oxygen atoms in total. The van der Waals surface area contributed by atoms with E-state index in [-0.39, 0.29) is 5.66 Å². The van der Waals surface area contributed by atoms with Crippen LogP contribution in [0.15, 0.2) is 59.9 Å². The smallest absolute Gasteiger partial charge is 0.144 e. The molecular formula is C22H26N4O. The Morgan fingerprint density at radius 1 is 1.07 bits per heavy atom. The van der Waals surface area contributed by atoms with Crippen molar-refractivity contribution in [2.45, 2.75) is 12.6 Å². The van der Waals surface area contributed by atoms with Crippen molar-refractivity contribution in [3.63, 3.8) is 0 Å². The Morgan fingerprint density at radius 2 is 1.81 bits per heavy atom. The van der Waals surface area contributed by atoms with Crippen LogP contribution >= 0.6 is 0 Å². The van der Waals surface area contributed by atoms with Crippen LogP contribution < -0.4 is 5.32 Å². The minimum Gasteiger partial charge on any atom is -0.411 e. The van der Waals surface area contributed by atoms with E-state index in [1.165, 1.54) is 22.9 Å². The van der Waals surface area contributed by atoms with Gasteiger partial charge in [0.25, 0.3) is 0 Å². The Balaban J connectivity index is 1.80. The molecule has 140 valence electrons. The number of nitrogens with zero attached hydrogens (tertiary/aromatic N) is 3. The van der Waals surface area contributed by atoms with Gasteiger partial charge < -0.3 is 15.4 Å². The van der Waals surface area contributed by atoms with Crippen molar-refractivity contribution < 1.29 is 5.21 Å². The number of piperazine rings is 1. The molecule has 5 heteroatoms. The van der Waals surface area contributed by atoms with Gasteiger partial charge in [-0.2, -0.15) is 0 Å². The summed E-state index contributed by atoms with van der Waals surface area (Å²) in [7, 11) is 0. The first-order valence-electron chi connectivity index (χ1n) is 9.57. The van der Waals surface area contributed by atoms with Crippen LogP contribution in [0.1, 0.15) is 29.2 Å². The largest absolute Gasteiger partial charge is 0.411 e. The first-order valence-corrected chi connectivity index (χ1v) is 9.57. The van der Waals surface area contributed by atoms with Crippen molar-refractivity contribution in [3.05, 3.63) is 77.0 Å². The van der Waals surface area contributed by atoms with Gasteiger partial charge >= 0.3 is 0 Å². The molecule has 4 rings (SSSR count). The zero-order valence-corrected chi connectivity index (χ0v) is 15.7. The van der Waals surface area contributed by atoms with Gasteiger partial charge in [-0.05, 0) is 35.5 Å². The molecule has 1 fully saturated rings. The first kappa shape index (κ1) is 17.8. The number of likely N-dealkylation sites (N-methyl/N-ethyl adjacent to an activating group) is 1. The Labute approximate surface area is 160 Å². The van der Waals surface area contributed by atoms with Crippen molar-refractivity contribution in [2.75, 3.05) is 32.7 Å². The monoisotopic (exact) mass is 362 g/mol. The van der Waals surface area contributed by atoms with Gasteiger partial charge in [-0.3, -0.25) is 4.90 Å². The molecule has 0 bridgehead atoms. The third-order valence-electron chi connectivity index (χ3n) is 5.73. The molecule has 0 radical (unpaired) electrons. The molecule has 0 aliphatic carbocycles. The van der Waals surface area contributed by atoms with Gasteiger partial charge in [-0.15, -0.1) is 0 Å². The summed E-state index contributed by atoms with van der Waals surface area (Å²) in [5.41, 5.74) is 4.21. The SMILES string of the molecule is CCN1CCN(C2(c3ccc(/C=N\O)cc3)NC=Cc3ccccc32)CC1. The summed E-state index contributed by atoms with van der Waals surface area (Å²) in [5, 5.41) is 15.6. The summed E-state index contributed by atoms with van der Waals surface area (Å²) < 4.78 is 0. The third-order valence-corrected chi connectivity index (χ3v) is 5.73. The summed E-state index contributed by atoms with van der Waals surface area (Å²) in [6.45, 7) is 7.47. The van der Waals surface area contributed by atoms with Crippen LogP contribution in [-0.4, -0.2) is 53.9 Å². The fourth-order valence-electron chi connectivity index (χ4n) is 4.26. The van der Waals surface area contributed by atoms with Crippen LogP contribution in [0.4, 0.5) is 0 Å². The van der Waals surface area contributed by atoms with E-state index in [1.54, 1.807) is 0 Å². The van der Waals surface area contributed by atoms with E-state index in [9.17, 15) is 0 Å². The minimum absolute atomic E-state index is 0.389. The second-order valence-corrected chi connectivity index (χ2v) is 7.06. The van der Waals surface area contributed by atoms with E-state index in [0.29, 0.717) is 0 Å². The number of rotatable bonds is 4. The highest BCUT2D eigenvalue weighted by atomic mass is 16.4. The average molecular weight is 362 g/mol. The molecule has 2 aromatic rings. The fraction of sp³-hybridized carbons (Fsp3) is 0.318. The molecule has 0 aromatic heterocycles.